The Morgan fingerprint density at radius 1 is 1.28 bits per heavy atom. The van der Waals surface area contributed by atoms with E-state index in [1.54, 1.807) is 13.2 Å². The van der Waals surface area contributed by atoms with Crippen LogP contribution in [-0.2, 0) is 12.7 Å². The molecule has 1 unspecified atom stereocenters. The Hall–Kier alpha value is -1.64. The lowest BCUT2D eigenvalue weighted by Gasteiger charge is -2.36. The SMILES string of the molecule is COc1cc(N2CCC(C(N)Cn3nc(C(F)(F)F)c(Cl)c3C)CC2)ccc1Cl. The molecular formula is C19H23Cl2F3N4O. The normalized spacial score (nSPS) is 16.9. The summed E-state index contributed by atoms with van der Waals surface area (Å²) in [5.74, 6) is 0.798. The van der Waals surface area contributed by atoms with Crippen LogP contribution in [0.4, 0.5) is 18.9 Å². The molecule has 1 aromatic carbocycles. The van der Waals surface area contributed by atoms with Crippen LogP contribution in [0.2, 0.25) is 10.0 Å². The first-order valence-corrected chi connectivity index (χ1v) is 10.0. The van der Waals surface area contributed by atoms with Crippen LogP contribution in [0, 0.1) is 12.8 Å². The van der Waals surface area contributed by atoms with Crippen molar-refractivity contribution in [1.82, 2.24) is 9.78 Å². The second kappa shape index (κ2) is 8.62. The summed E-state index contributed by atoms with van der Waals surface area (Å²) in [5.41, 5.74) is 6.56. The van der Waals surface area contributed by atoms with Gasteiger partial charge in [-0.05, 0) is 37.8 Å². The maximum Gasteiger partial charge on any atom is 0.436 e. The summed E-state index contributed by atoms with van der Waals surface area (Å²) in [6, 6.07) is 5.33. The molecule has 3 rings (SSSR count). The van der Waals surface area contributed by atoms with Crippen molar-refractivity contribution in [1.29, 1.82) is 0 Å². The molecule has 0 spiro atoms. The standard InChI is InChI=1S/C19H23Cl2F3N4O/c1-11-17(21)18(19(22,23)24)26-28(11)10-15(25)12-5-7-27(8-6-12)13-3-4-14(20)16(9-13)29-2/h3-4,9,12,15H,5-8,10,25H2,1-2H3. The van der Waals surface area contributed by atoms with Gasteiger partial charge in [0.25, 0.3) is 0 Å². The summed E-state index contributed by atoms with van der Waals surface area (Å²) in [6.07, 6.45) is -2.93. The van der Waals surface area contributed by atoms with Gasteiger partial charge < -0.3 is 15.4 Å². The van der Waals surface area contributed by atoms with E-state index in [9.17, 15) is 13.2 Å². The molecule has 1 saturated heterocycles. The minimum atomic E-state index is -4.58. The highest BCUT2D eigenvalue weighted by molar-refractivity contribution is 6.32. The predicted molar refractivity (Wildman–Crippen MR) is 108 cm³/mol. The van der Waals surface area contributed by atoms with Gasteiger partial charge >= 0.3 is 6.18 Å². The number of aromatic nitrogens is 2. The van der Waals surface area contributed by atoms with Gasteiger partial charge in [-0.3, -0.25) is 4.68 Å². The molecule has 0 radical (unpaired) electrons. The molecule has 0 saturated carbocycles. The molecule has 1 fully saturated rings. The summed E-state index contributed by atoms with van der Waals surface area (Å²) in [5, 5.41) is 3.84. The van der Waals surface area contributed by atoms with E-state index < -0.39 is 11.9 Å². The summed E-state index contributed by atoms with van der Waals surface area (Å²) < 4.78 is 45.5. The summed E-state index contributed by atoms with van der Waals surface area (Å²) in [6.45, 7) is 3.29. The number of hydrogen-bond acceptors (Lipinski definition) is 4. The molecular weight excluding hydrogens is 428 g/mol. The van der Waals surface area contributed by atoms with Crippen LogP contribution in [0.15, 0.2) is 18.2 Å². The molecule has 1 aliphatic heterocycles. The Kier molecular flexibility index (Phi) is 6.55. The largest absolute Gasteiger partial charge is 0.495 e. The zero-order chi connectivity index (χ0) is 21.3. The van der Waals surface area contributed by atoms with E-state index in [1.165, 1.54) is 11.6 Å². The van der Waals surface area contributed by atoms with Crippen molar-refractivity contribution in [2.75, 3.05) is 25.1 Å². The van der Waals surface area contributed by atoms with Crippen LogP contribution in [0.25, 0.3) is 0 Å². The molecule has 1 aromatic heterocycles. The van der Waals surface area contributed by atoms with E-state index in [4.69, 9.17) is 33.7 Å². The average Bonchev–Trinajstić information content (AvgIpc) is 2.97. The van der Waals surface area contributed by atoms with Crippen molar-refractivity contribution < 1.29 is 17.9 Å². The minimum Gasteiger partial charge on any atom is -0.495 e. The van der Waals surface area contributed by atoms with Gasteiger partial charge in [0.1, 0.15) is 5.75 Å². The van der Waals surface area contributed by atoms with Gasteiger partial charge in [-0.25, -0.2) is 0 Å². The van der Waals surface area contributed by atoms with Crippen LogP contribution in [0.1, 0.15) is 24.2 Å². The molecule has 29 heavy (non-hydrogen) atoms. The van der Waals surface area contributed by atoms with Gasteiger partial charge in [0.2, 0.25) is 0 Å². The number of piperidine rings is 1. The van der Waals surface area contributed by atoms with E-state index in [-0.39, 0.29) is 29.2 Å². The van der Waals surface area contributed by atoms with Gasteiger partial charge in [0.15, 0.2) is 5.69 Å². The van der Waals surface area contributed by atoms with E-state index in [2.05, 4.69) is 10.00 Å². The molecule has 0 aliphatic carbocycles. The summed E-state index contributed by atoms with van der Waals surface area (Å²) >= 11 is 11.9. The third kappa shape index (κ3) is 4.75. The molecule has 5 nitrogen and oxygen atoms in total. The fourth-order valence-corrected chi connectivity index (χ4v) is 4.10. The predicted octanol–water partition coefficient (Wildman–Crippen LogP) is 4.77. The second-order valence-electron chi connectivity index (χ2n) is 7.24. The van der Waals surface area contributed by atoms with Gasteiger partial charge in [-0.1, -0.05) is 23.2 Å². The van der Waals surface area contributed by atoms with E-state index in [0.29, 0.717) is 10.8 Å². The third-order valence-electron chi connectivity index (χ3n) is 5.43. The van der Waals surface area contributed by atoms with Crippen LogP contribution < -0.4 is 15.4 Å². The number of rotatable bonds is 5. The fourth-order valence-electron chi connectivity index (χ4n) is 3.66. The van der Waals surface area contributed by atoms with Crippen LogP contribution >= 0.6 is 23.2 Å². The molecule has 1 aliphatic rings. The minimum absolute atomic E-state index is 0.178. The van der Waals surface area contributed by atoms with Gasteiger partial charge in [0, 0.05) is 30.9 Å². The van der Waals surface area contributed by atoms with Crippen molar-refractivity contribution in [3.8, 4) is 5.75 Å². The van der Waals surface area contributed by atoms with Crippen LogP contribution in [0.3, 0.4) is 0 Å². The van der Waals surface area contributed by atoms with Crippen LogP contribution in [-0.4, -0.2) is 36.0 Å². The molecule has 1 atom stereocenters. The Morgan fingerprint density at radius 3 is 2.48 bits per heavy atom. The van der Waals surface area contributed by atoms with Crippen molar-refractivity contribution >= 4 is 28.9 Å². The Morgan fingerprint density at radius 2 is 1.93 bits per heavy atom. The first-order chi connectivity index (χ1) is 13.6. The second-order valence-corrected chi connectivity index (χ2v) is 8.02. The maximum absolute atomic E-state index is 13.0. The fraction of sp³-hybridized carbons (Fsp3) is 0.526. The van der Waals surface area contributed by atoms with Crippen molar-refractivity contribution in [3.63, 3.8) is 0 Å². The maximum atomic E-state index is 13.0. The van der Waals surface area contributed by atoms with Crippen molar-refractivity contribution in [2.45, 2.75) is 38.5 Å². The highest BCUT2D eigenvalue weighted by Gasteiger charge is 2.38. The topological polar surface area (TPSA) is 56.3 Å². The summed E-state index contributed by atoms with van der Waals surface area (Å²) in [4.78, 5) is 2.22. The number of ether oxygens (including phenoxy) is 1. The molecule has 10 heteroatoms. The van der Waals surface area contributed by atoms with E-state index in [1.807, 2.05) is 12.1 Å². The first-order valence-electron chi connectivity index (χ1n) is 9.26. The molecule has 0 amide bonds. The Bertz CT molecular complexity index is 864. The number of anilines is 1. The number of benzene rings is 1. The highest BCUT2D eigenvalue weighted by atomic mass is 35.5. The summed E-state index contributed by atoms with van der Waals surface area (Å²) in [7, 11) is 1.57. The lowest BCUT2D eigenvalue weighted by molar-refractivity contribution is -0.141. The number of methoxy groups -OCH3 is 1. The number of halogens is 5. The highest BCUT2D eigenvalue weighted by Crippen LogP contribution is 2.36. The molecule has 2 aromatic rings. The Labute approximate surface area is 177 Å². The van der Waals surface area contributed by atoms with Gasteiger partial charge in [-0.15, -0.1) is 0 Å². The zero-order valence-corrected chi connectivity index (χ0v) is 17.7. The number of hydrogen-bond donors (Lipinski definition) is 1. The smallest absolute Gasteiger partial charge is 0.436 e. The molecule has 0 bridgehead atoms. The first kappa shape index (κ1) is 22.1. The molecule has 2 heterocycles. The third-order valence-corrected chi connectivity index (χ3v) is 6.20. The van der Waals surface area contributed by atoms with Crippen molar-refractivity contribution in [2.24, 2.45) is 11.7 Å². The van der Waals surface area contributed by atoms with Crippen molar-refractivity contribution in [3.05, 3.63) is 39.6 Å². The van der Waals surface area contributed by atoms with Crippen LogP contribution in [0.5, 0.6) is 5.75 Å². The van der Waals surface area contributed by atoms with E-state index in [0.717, 1.165) is 31.6 Å². The molecule has 2 N–H and O–H groups in total. The Balaban J connectivity index is 1.63. The number of nitrogens with zero attached hydrogens (tertiary/aromatic N) is 3. The monoisotopic (exact) mass is 450 g/mol. The number of alkyl halides is 3. The average molecular weight is 451 g/mol. The lowest BCUT2D eigenvalue weighted by atomic mass is 9.89. The quantitative estimate of drug-likeness (QED) is 0.712. The van der Waals surface area contributed by atoms with Gasteiger partial charge in [0.05, 0.1) is 29.4 Å². The lowest BCUT2D eigenvalue weighted by Crippen LogP contribution is -2.43. The zero-order valence-electron chi connectivity index (χ0n) is 16.1. The van der Waals surface area contributed by atoms with E-state index >= 15 is 0 Å². The number of nitrogens with two attached hydrogens (primary N) is 1. The van der Waals surface area contributed by atoms with Gasteiger partial charge in [-0.2, -0.15) is 18.3 Å². The molecule has 160 valence electrons.